The van der Waals surface area contributed by atoms with E-state index in [1.165, 1.54) is 52.0 Å². The summed E-state index contributed by atoms with van der Waals surface area (Å²) >= 11 is 0. The molecule has 8 N–H and O–H groups in total. The van der Waals surface area contributed by atoms with E-state index < -0.39 is 5.97 Å². The number of aromatic amines is 3. The first-order chi connectivity index (χ1) is 54.4. The maximum atomic E-state index is 13.1. The zero-order valence-electron chi connectivity index (χ0n) is 67.3. The first-order valence-corrected chi connectivity index (χ1v) is 40.7. The number of aromatic nitrogens is 6. The fraction of sp³-hybridized carbons (Fsp3) is 0.522. The molecule has 0 saturated carbocycles. The Bertz CT molecular complexity index is 4620. The van der Waals surface area contributed by atoms with Gasteiger partial charge in [-0.1, -0.05) is 95.7 Å². The second-order valence-electron chi connectivity index (χ2n) is 34.4. The minimum absolute atomic E-state index is 0.0468. The van der Waals surface area contributed by atoms with E-state index in [9.17, 15) is 24.3 Å². The van der Waals surface area contributed by atoms with E-state index in [2.05, 4.69) is 204 Å². The lowest BCUT2D eigenvalue weighted by atomic mass is 9.75. The number of benzene rings is 3. The van der Waals surface area contributed by atoms with Crippen LogP contribution in [0.3, 0.4) is 0 Å². The third kappa shape index (κ3) is 19.2. The summed E-state index contributed by atoms with van der Waals surface area (Å²) in [5.74, 6) is 6.39. The van der Waals surface area contributed by atoms with E-state index in [-0.39, 0.29) is 63.8 Å². The third-order valence-corrected chi connectivity index (χ3v) is 25.3. The SMILES string of the molecule is C#Cc1cnc(C(=O)Nc2ccc(C3(N4CCN(C)CC4)CCOCC3)cc2C2=CCC(C)(C)CC2)[nH]1.C#Cc1cnc(C(=O)Nc2ccc(C3(N4CCN(CC(=O)O)CC4)CCOCC3)cc2C2=CCC(C)(C)CC2)[nH]1.C#Cc1cnc(C(=O)Nc2ccc(C3(N4CCNCC4)CCOCC3)cc2C2=CCC(C)(C)CC2)[nH]1. The van der Waals surface area contributed by atoms with Gasteiger partial charge in [-0.05, 0) is 189 Å². The summed E-state index contributed by atoms with van der Waals surface area (Å²) in [5, 5.41) is 22.1. The van der Waals surface area contributed by atoms with Crippen LogP contribution >= 0.6 is 0 Å². The number of carbonyl (C=O) groups is 4. The molecule has 0 radical (unpaired) electrons. The van der Waals surface area contributed by atoms with E-state index in [0.717, 1.165) is 235 Å². The quantitative estimate of drug-likeness (QED) is 0.0395. The molecule has 23 nitrogen and oxygen atoms in total. The molecule has 3 aromatic carbocycles. The van der Waals surface area contributed by atoms with Gasteiger partial charge in [-0.25, -0.2) is 15.0 Å². The predicted octanol–water partition coefficient (Wildman–Crippen LogP) is 12.6. The Labute approximate surface area is 667 Å². The number of likely N-dealkylation sites (N-methyl/N-ethyl adjacent to an activating group) is 1. The van der Waals surface area contributed by atoms with Gasteiger partial charge < -0.3 is 60.4 Å². The van der Waals surface area contributed by atoms with Gasteiger partial charge in [-0.2, -0.15) is 0 Å². The van der Waals surface area contributed by atoms with Crippen LogP contribution in [0.4, 0.5) is 17.1 Å². The van der Waals surface area contributed by atoms with Gasteiger partial charge >= 0.3 is 5.97 Å². The summed E-state index contributed by atoms with van der Waals surface area (Å²) in [4.78, 5) is 83.9. The lowest BCUT2D eigenvalue weighted by Crippen LogP contribution is -2.57. The fourth-order valence-electron chi connectivity index (χ4n) is 18.0. The van der Waals surface area contributed by atoms with Gasteiger partial charge in [-0.3, -0.25) is 38.8 Å². The Hall–Kier alpha value is -9.29. The number of piperazine rings is 3. The minimum Gasteiger partial charge on any atom is -0.480 e. The normalized spacial score (nSPS) is 21.8. The van der Waals surface area contributed by atoms with Crippen molar-refractivity contribution in [3.63, 3.8) is 0 Å². The first kappa shape index (κ1) is 81.7. The number of carbonyl (C=O) groups excluding carboxylic acids is 3. The number of carboxylic acids is 1. The second kappa shape index (κ2) is 35.6. The van der Waals surface area contributed by atoms with Crippen molar-refractivity contribution in [1.82, 2.24) is 59.7 Å². The van der Waals surface area contributed by atoms with Crippen LogP contribution < -0.4 is 21.3 Å². The third-order valence-electron chi connectivity index (χ3n) is 25.3. The lowest BCUT2D eigenvalue weighted by molar-refractivity contribution is -0.139. The van der Waals surface area contributed by atoms with Crippen molar-refractivity contribution < 1.29 is 38.5 Å². The Kier molecular flexibility index (Phi) is 25.8. The van der Waals surface area contributed by atoms with Gasteiger partial charge in [0.2, 0.25) is 0 Å². The average molecular weight is 1540 g/mol. The van der Waals surface area contributed by atoms with E-state index in [4.69, 9.17) is 33.5 Å². The number of amides is 3. The number of allylic oxidation sites excluding steroid dienone is 6. The van der Waals surface area contributed by atoms with Crippen molar-refractivity contribution in [1.29, 1.82) is 0 Å². The zero-order valence-corrected chi connectivity index (χ0v) is 67.3. The van der Waals surface area contributed by atoms with Crippen LogP contribution in [0.5, 0.6) is 0 Å². The summed E-state index contributed by atoms with van der Waals surface area (Å²) in [7, 11) is 2.20. The summed E-state index contributed by atoms with van der Waals surface area (Å²) < 4.78 is 17.5. The van der Waals surface area contributed by atoms with E-state index >= 15 is 0 Å². The summed E-state index contributed by atoms with van der Waals surface area (Å²) in [6, 6.07) is 19.7. The molecule has 3 aromatic heterocycles. The Balaban J connectivity index is 0.000000148. The van der Waals surface area contributed by atoms with Crippen LogP contribution in [0.2, 0.25) is 0 Å². The molecule has 0 spiro atoms. The molecule has 9 heterocycles. The van der Waals surface area contributed by atoms with Crippen LogP contribution in [0.25, 0.3) is 16.7 Å². The number of ether oxygens (including phenoxy) is 3. The van der Waals surface area contributed by atoms with Crippen molar-refractivity contribution in [2.24, 2.45) is 16.2 Å². The average Bonchev–Trinajstić information content (AvgIpc) is 1.74. The van der Waals surface area contributed by atoms with Crippen molar-refractivity contribution in [3.05, 3.63) is 159 Å². The molecule has 23 heteroatoms. The lowest BCUT2D eigenvalue weighted by Gasteiger charge is -2.50. The van der Waals surface area contributed by atoms with Gasteiger partial charge in [0.1, 0.15) is 17.1 Å². The molecular formula is C90H115N15O8. The molecule has 6 aromatic rings. The molecule has 113 heavy (non-hydrogen) atoms. The molecule has 15 rings (SSSR count). The number of rotatable bonds is 17. The second-order valence-corrected chi connectivity index (χ2v) is 34.4. The summed E-state index contributed by atoms with van der Waals surface area (Å²) in [6.07, 6.45) is 42.8. The van der Waals surface area contributed by atoms with Crippen LogP contribution in [0.1, 0.15) is 220 Å². The maximum Gasteiger partial charge on any atom is 0.317 e. The highest BCUT2D eigenvalue weighted by molar-refractivity contribution is 6.05. The molecule has 3 aliphatic carbocycles. The number of hydrogen-bond acceptors (Lipinski definition) is 16. The molecule has 0 unspecified atom stereocenters. The minimum atomic E-state index is -0.787. The number of H-pyrrole nitrogens is 3. The Morgan fingerprint density at radius 1 is 0.451 bits per heavy atom. The fourth-order valence-corrected chi connectivity index (χ4v) is 18.0. The maximum absolute atomic E-state index is 13.1. The largest absolute Gasteiger partial charge is 0.480 e. The van der Waals surface area contributed by atoms with Crippen molar-refractivity contribution >= 4 is 57.5 Å². The van der Waals surface area contributed by atoms with E-state index in [1.54, 1.807) is 0 Å². The molecule has 6 aliphatic heterocycles. The summed E-state index contributed by atoms with van der Waals surface area (Å²) in [5.41, 5.74) is 15.4. The number of aliphatic carboxylic acids is 1. The highest BCUT2D eigenvalue weighted by atomic mass is 16.5. The highest BCUT2D eigenvalue weighted by Gasteiger charge is 2.45. The molecule has 9 aliphatic rings. The molecule has 598 valence electrons. The van der Waals surface area contributed by atoms with Crippen LogP contribution in [0, 0.1) is 53.3 Å². The Morgan fingerprint density at radius 2 is 0.761 bits per heavy atom. The number of nitrogens with zero attached hydrogens (tertiary/aromatic N) is 8. The van der Waals surface area contributed by atoms with Gasteiger partial charge in [0.25, 0.3) is 17.7 Å². The standard InChI is InChI=1S/C31H39N5O4.C30H39N5O2.C29H37N5O2/c1-4-24-20-32-28(33-24)29(39)34-26-6-5-23(19-25(26)22-7-9-30(2,3)10-8-22)31(11-17-40-18-12-31)36-15-13-35(14-16-36)21-27(37)38;1-5-24-21-31-27(32-24)28(36)33-26-7-6-23(20-25(26)22-8-10-29(2,3)11-9-22)30(12-18-37-19-13-30)35-16-14-34(4)15-17-35;1-4-23-20-31-26(32-23)27(35)33-25-6-5-22(19-24(25)21-7-9-28(2,3)10-8-21)29(11-17-36-18-12-29)34-15-13-30-14-16-34/h1,5-7,19-20H,8-18,21H2,2-3H3,(H,32,33)(H,34,39)(H,37,38);1,6-8,20-21H,9-19H2,2-4H3,(H,31,32)(H,33,36);1,5-7,19-20,30H,8-18H2,2-3H3,(H,31,32)(H,33,35). The van der Waals surface area contributed by atoms with E-state index in [1.807, 2.05) is 11.0 Å². The van der Waals surface area contributed by atoms with Gasteiger partial charge in [0.15, 0.2) is 17.5 Å². The van der Waals surface area contributed by atoms with Crippen molar-refractivity contribution in [2.45, 2.75) is 154 Å². The van der Waals surface area contributed by atoms with E-state index in [0.29, 0.717) is 41.1 Å². The van der Waals surface area contributed by atoms with Gasteiger partial charge in [0, 0.05) is 152 Å². The Morgan fingerprint density at radius 3 is 1.04 bits per heavy atom. The number of terminal acetylenes is 3. The number of anilines is 3. The predicted molar refractivity (Wildman–Crippen MR) is 444 cm³/mol. The first-order valence-electron chi connectivity index (χ1n) is 40.7. The van der Waals surface area contributed by atoms with Crippen molar-refractivity contribution in [3.8, 4) is 37.0 Å². The smallest absolute Gasteiger partial charge is 0.317 e. The topological polar surface area (TPSA) is 267 Å². The number of imidazole rings is 3. The monoisotopic (exact) mass is 1530 g/mol. The molecular weight excluding hydrogens is 1420 g/mol. The van der Waals surface area contributed by atoms with Crippen LogP contribution in [-0.2, 0) is 35.6 Å². The van der Waals surface area contributed by atoms with Crippen LogP contribution in [0.15, 0.2) is 91.4 Å². The van der Waals surface area contributed by atoms with Gasteiger partial charge in [0.05, 0.1) is 41.8 Å². The van der Waals surface area contributed by atoms with Gasteiger partial charge in [-0.15, -0.1) is 19.3 Å². The number of nitrogens with one attached hydrogen (secondary N) is 7. The molecule has 0 atom stereocenters. The molecule has 0 bridgehead atoms. The number of carboxylic acid groups (broad SMARTS) is 1. The van der Waals surface area contributed by atoms with Crippen molar-refractivity contribution in [2.75, 3.05) is 148 Å². The molecule has 3 amide bonds. The molecule has 6 fully saturated rings. The summed E-state index contributed by atoms with van der Waals surface area (Å²) in [6.45, 7) is 29.7. The van der Waals surface area contributed by atoms with Crippen LogP contribution in [-0.4, -0.2) is 215 Å². The zero-order chi connectivity index (χ0) is 79.6. The number of hydrogen-bond donors (Lipinski definition) is 8. The molecule has 6 saturated heterocycles. The highest BCUT2D eigenvalue weighted by Crippen LogP contribution is 2.49.